The molecule has 0 heterocycles. The van der Waals surface area contributed by atoms with Crippen LogP contribution in [0.3, 0.4) is 0 Å². The molecule has 1 amide bonds. The molecule has 1 fully saturated rings. The van der Waals surface area contributed by atoms with Crippen molar-refractivity contribution in [2.45, 2.75) is 52.4 Å². The maximum Gasteiger partial charge on any atom is 0.306 e. The van der Waals surface area contributed by atoms with E-state index in [1.807, 2.05) is 11.8 Å². The first-order valence-corrected chi connectivity index (χ1v) is 7.11. The number of carbonyl (C=O) groups is 2. The molecule has 0 aromatic heterocycles. The zero-order valence-corrected chi connectivity index (χ0v) is 11.5. The monoisotopic (exact) mass is 255 g/mol. The molecule has 0 aromatic carbocycles. The van der Waals surface area contributed by atoms with Gasteiger partial charge in [-0.25, -0.2) is 0 Å². The third kappa shape index (κ3) is 4.00. The van der Waals surface area contributed by atoms with Crippen LogP contribution in [0.15, 0.2) is 0 Å². The van der Waals surface area contributed by atoms with Crippen LogP contribution in [0.2, 0.25) is 0 Å². The van der Waals surface area contributed by atoms with Gasteiger partial charge in [0.1, 0.15) is 0 Å². The van der Waals surface area contributed by atoms with Gasteiger partial charge in [0.25, 0.3) is 0 Å². The molecule has 1 N–H and O–H groups in total. The maximum absolute atomic E-state index is 12.3. The average molecular weight is 255 g/mol. The van der Waals surface area contributed by atoms with Gasteiger partial charge in [0.05, 0.1) is 5.92 Å². The van der Waals surface area contributed by atoms with Crippen LogP contribution < -0.4 is 0 Å². The summed E-state index contributed by atoms with van der Waals surface area (Å²) >= 11 is 0. The Labute approximate surface area is 109 Å². The first-order valence-electron chi connectivity index (χ1n) is 7.11. The lowest BCUT2D eigenvalue weighted by atomic mass is 9.80. The van der Waals surface area contributed by atoms with E-state index in [1.165, 1.54) is 0 Å². The highest BCUT2D eigenvalue weighted by Gasteiger charge is 2.32. The van der Waals surface area contributed by atoms with E-state index >= 15 is 0 Å². The summed E-state index contributed by atoms with van der Waals surface area (Å²) in [5.74, 6) is -0.977. The molecule has 0 aromatic rings. The number of rotatable bonds is 6. The molecule has 4 heteroatoms. The number of hydrogen-bond donors (Lipinski definition) is 1. The minimum atomic E-state index is -0.746. The van der Waals surface area contributed by atoms with Crippen LogP contribution in [0.5, 0.6) is 0 Å². The van der Waals surface area contributed by atoms with Gasteiger partial charge in [0.15, 0.2) is 0 Å². The molecule has 18 heavy (non-hydrogen) atoms. The van der Waals surface area contributed by atoms with Crippen molar-refractivity contribution in [3.8, 4) is 0 Å². The lowest BCUT2D eigenvalue weighted by Crippen LogP contribution is -2.39. The Morgan fingerprint density at radius 1 is 1.22 bits per heavy atom. The predicted octanol–water partition coefficient (Wildman–Crippen LogP) is 2.53. The molecule has 104 valence electrons. The number of aliphatic carboxylic acids is 1. The van der Waals surface area contributed by atoms with E-state index in [-0.39, 0.29) is 17.7 Å². The molecule has 0 saturated heterocycles. The Balaban J connectivity index is 2.55. The zero-order chi connectivity index (χ0) is 13.5. The molecule has 1 aliphatic carbocycles. The fourth-order valence-corrected chi connectivity index (χ4v) is 2.67. The summed E-state index contributed by atoms with van der Waals surface area (Å²) in [6, 6.07) is 0. The maximum atomic E-state index is 12.3. The van der Waals surface area contributed by atoms with Crippen LogP contribution in [-0.4, -0.2) is 35.0 Å². The third-order valence-electron chi connectivity index (χ3n) is 3.85. The van der Waals surface area contributed by atoms with Crippen LogP contribution in [-0.2, 0) is 9.59 Å². The molecule has 1 aliphatic rings. The quantitative estimate of drug-likeness (QED) is 0.793. The molecule has 0 radical (unpaired) electrons. The molecule has 0 spiro atoms. The van der Waals surface area contributed by atoms with E-state index < -0.39 is 5.97 Å². The Morgan fingerprint density at radius 2 is 1.89 bits per heavy atom. The highest BCUT2D eigenvalue weighted by Crippen LogP contribution is 2.30. The van der Waals surface area contributed by atoms with Crippen molar-refractivity contribution in [1.29, 1.82) is 0 Å². The van der Waals surface area contributed by atoms with Crippen molar-refractivity contribution in [1.82, 2.24) is 4.90 Å². The standard InChI is InChI=1S/C14H25NO3/c1-3-5-9-15(4-2)13(16)11-7-6-8-12(10-11)14(17)18/h11-12H,3-10H2,1-2H3,(H,17,18). The van der Waals surface area contributed by atoms with Crippen LogP contribution >= 0.6 is 0 Å². The first-order chi connectivity index (χ1) is 8.60. The van der Waals surface area contributed by atoms with Crippen LogP contribution in [0.25, 0.3) is 0 Å². The third-order valence-corrected chi connectivity index (χ3v) is 3.85. The van der Waals surface area contributed by atoms with Crippen molar-refractivity contribution in [3.05, 3.63) is 0 Å². The molecule has 0 aliphatic heterocycles. The number of hydrogen-bond acceptors (Lipinski definition) is 2. The van der Waals surface area contributed by atoms with Gasteiger partial charge in [-0.1, -0.05) is 19.8 Å². The van der Waals surface area contributed by atoms with Gasteiger partial charge in [-0.2, -0.15) is 0 Å². The van der Waals surface area contributed by atoms with Gasteiger partial charge in [-0.15, -0.1) is 0 Å². The number of amides is 1. The van der Waals surface area contributed by atoms with Crippen molar-refractivity contribution < 1.29 is 14.7 Å². The minimum absolute atomic E-state index is 0.0725. The second-order valence-corrected chi connectivity index (χ2v) is 5.17. The van der Waals surface area contributed by atoms with Gasteiger partial charge in [0.2, 0.25) is 5.91 Å². The van der Waals surface area contributed by atoms with E-state index in [2.05, 4.69) is 6.92 Å². The van der Waals surface area contributed by atoms with Crippen LogP contribution in [0.1, 0.15) is 52.4 Å². The fourth-order valence-electron chi connectivity index (χ4n) is 2.67. The van der Waals surface area contributed by atoms with Gasteiger partial charge in [-0.3, -0.25) is 9.59 Å². The summed E-state index contributed by atoms with van der Waals surface area (Å²) in [7, 11) is 0. The molecule has 0 bridgehead atoms. The fraction of sp³-hybridized carbons (Fsp3) is 0.857. The summed E-state index contributed by atoms with van der Waals surface area (Å²) < 4.78 is 0. The van der Waals surface area contributed by atoms with Crippen molar-refractivity contribution >= 4 is 11.9 Å². The second kappa shape index (κ2) is 7.39. The van der Waals surface area contributed by atoms with E-state index in [0.29, 0.717) is 6.42 Å². The lowest BCUT2D eigenvalue weighted by Gasteiger charge is -2.30. The number of nitrogens with zero attached hydrogens (tertiary/aromatic N) is 1. The van der Waals surface area contributed by atoms with Crippen molar-refractivity contribution in [3.63, 3.8) is 0 Å². The SMILES string of the molecule is CCCCN(CC)C(=O)C1CCCC(C(=O)O)C1. The number of carboxylic acid groups (broad SMARTS) is 1. The molecule has 2 atom stereocenters. The Morgan fingerprint density at radius 3 is 2.44 bits per heavy atom. The normalized spacial score (nSPS) is 23.7. The van der Waals surface area contributed by atoms with Crippen LogP contribution in [0, 0.1) is 11.8 Å². The molecule has 4 nitrogen and oxygen atoms in total. The number of unbranched alkanes of at least 4 members (excludes halogenated alkanes) is 1. The van der Waals surface area contributed by atoms with Crippen molar-refractivity contribution in [2.75, 3.05) is 13.1 Å². The predicted molar refractivity (Wildman–Crippen MR) is 70.2 cm³/mol. The van der Waals surface area contributed by atoms with E-state index in [9.17, 15) is 9.59 Å². The Bertz CT molecular complexity index is 291. The van der Waals surface area contributed by atoms with Gasteiger partial charge in [-0.05, 0) is 32.6 Å². The Hall–Kier alpha value is -1.06. The topological polar surface area (TPSA) is 57.6 Å². The Kier molecular flexibility index (Phi) is 6.16. The highest BCUT2D eigenvalue weighted by molar-refractivity contribution is 5.80. The largest absolute Gasteiger partial charge is 0.481 e. The summed E-state index contributed by atoms with van der Waals surface area (Å²) in [6.07, 6.45) is 5.06. The summed E-state index contributed by atoms with van der Waals surface area (Å²) in [6.45, 7) is 5.64. The van der Waals surface area contributed by atoms with E-state index in [0.717, 1.165) is 45.2 Å². The lowest BCUT2D eigenvalue weighted by molar-refractivity contribution is -0.145. The molecule has 2 unspecified atom stereocenters. The van der Waals surface area contributed by atoms with E-state index in [1.54, 1.807) is 0 Å². The van der Waals surface area contributed by atoms with Gasteiger partial charge >= 0.3 is 5.97 Å². The molecule has 1 saturated carbocycles. The van der Waals surface area contributed by atoms with Gasteiger partial charge in [0, 0.05) is 19.0 Å². The van der Waals surface area contributed by atoms with Crippen molar-refractivity contribution in [2.24, 2.45) is 11.8 Å². The van der Waals surface area contributed by atoms with E-state index in [4.69, 9.17) is 5.11 Å². The molecular formula is C14H25NO3. The smallest absolute Gasteiger partial charge is 0.306 e. The van der Waals surface area contributed by atoms with Gasteiger partial charge < -0.3 is 10.0 Å². The minimum Gasteiger partial charge on any atom is -0.481 e. The molecular weight excluding hydrogens is 230 g/mol. The second-order valence-electron chi connectivity index (χ2n) is 5.17. The first kappa shape index (κ1) is 15.0. The van der Waals surface area contributed by atoms with Crippen LogP contribution in [0.4, 0.5) is 0 Å². The highest BCUT2D eigenvalue weighted by atomic mass is 16.4. The average Bonchev–Trinajstić information content (AvgIpc) is 2.39. The summed E-state index contributed by atoms with van der Waals surface area (Å²) in [5, 5.41) is 9.05. The number of carbonyl (C=O) groups excluding carboxylic acids is 1. The zero-order valence-electron chi connectivity index (χ0n) is 11.5. The summed E-state index contributed by atoms with van der Waals surface area (Å²) in [4.78, 5) is 25.2. The number of carboxylic acids is 1. The summed E-state index contributed by atoms with van der Waals surface area (Å²) in [5.41, 5.74) is 0. The molecule has 1 rings (SSSR count).